The molecule has 1 spiro atoms. The van der Waals surface area contributed by atoms with Crippen molar-refractivity contribution in [3.05, 3.63) is 71.3 Å². The summed E-state index contributed by atoms with van der Waals surface area (Å²) < 4.78 is 5.48. The minimum absolute atomic E-state index is 0.181. The Morgan fingerprint density at radius 1 is 0.958 bits per heavy atom. The summed E-state index contributed by atoms with van der Waals surface area (Å²) in [5, 5.41) is 0. The SMILES string of the molecule is O=C(OCc1ccccc1)N1CCC2(CCc3ccccc32)CC1. The molecule has 0 aromatic heterocycles. The third-order valence-corrected chi connectivity index (χ3v) is 5.65. The highest BCUT2D eigenvalue weighted by Gasteiger charge is 2.41. The summed E-state index contributed by atoms with van der Waals surface area (Å²) >= 11 is 0. The third-order valence-electron chi connectivity index (χ3n) is 5.65. The topological polar surface area (TPSA) is 29.5 Å². The molecular formula is C21H23NO2. The Hall–Kier alpha value is -2.29. The smallest absolute Gasteiger partial charge is 0.410 e. The van der Waals surface area contributed by atoms with Crippen LogP contribution in [-0.4, -0.2) is 24.1 Å². The second-order valence-electron chi connectivity index (χ2n) is 6.96. The number of nitrogens with zero attached hydrogens (tertiary/aromatic N) is 1. The summed E-state index contributed by atoms with van der Waals surface area (Å²) in [4.78, 5) is 14.2. The number of benzene rings is 2. The van der Waals surface area contributed by atoms with Gasteiger partial charge in [-0.25, -0.2) is 4.79 Å². The van der Waals surface area contributed by atoms with Gasteiger partial charge in [-0.15, -0.1) is 0 Å². The number of likely N-dealkylation sites (tertiary alicyclic amines) is 1. The van der Waals surface area contributed by atoms with Gasteiger partial charge in [0.2, 0.25) is 0 Å². The number of carbonyl (C=O) groups is 1. The van der Waals surface area contributed by atoms with Gasteiger partial charge in [0.05, 0.1) is 0 Å². The van der Waals surface area contributed by atoms with E-state index in [2.05, 4.69) is 24.3 Å². The van der Waals surface area contributed by atoms with Crippen LogP contribution in [0.15, 0.2) is 54.6 Å². The van der Waals surface area contributed by atoms with Gasteiger partial charge < -0.3 is 9.64 Å². The van der Waals surface area contributed by atoms with Gasteiger partial charge in [0, 0.05) is 13.1 Å². The normalized spacial score (nSPS) is 18.4. The fraction of sp³-hybridized carbons (Fsp3) is 0.381. The van der Waals surface area contributed by atoms with Crippen LogP contribution in [-0.2, 0) is 23.2 Å². The van der Waals surface area contributed by atoms with Gasteiger partial charge in [-0.05, 0) is 47.8 Å². The van der Waals surface area contributed by atoms with Crippen LogP contribution in [0.2, 0.25) is 0 Å². The molecule has 1 fully saturated rings. The quantitative estimate of drug-likeness (QED) is 0.825. The number of ether oxygens (including phenoxy) is 1. The van der Waals surface area contributed by atoms with Crippen molar-refractivity contribution in [2.24, 2.45) is 0 Å². The van der Waals surface area contributed by atoms with E-state index in [1.54, 1.807) is 0 Å². The van der Waals surface area contributed by atoms with Crippen molar-refractivity contribution in [3.63, 3.8) is 0 Å². The van der Waals surface area contributed by atoms with E-state index in [1.165, 1.54) is 24.0 Å². The largest absolute Gasteiger partial charge is 0.445 e. The van der Waals surface area contributed by atoms with Crippen molar-refractivity contribution < 1.29 is 9.53 Å². The van der Waals surface area contributed by atoms with Gasteiger partial charge in [0.25, 0.3) is 0 Å². The number of carbonyl (C=O) groups excluding carboxylic acids is 1. The summed E-state index contributed by atoms with van der Waals surface area (Å²) in [7, 11) is 0. The number of hydrogen-bond donors (Lipinski definition) is 0. The summed E-state index contributed by atoms with van der Waals surface area (Å²) in [5.41, 5.74) is 4.33. The second kappa shape index (κ2) is 6.31. The molecule has 1 saturated heterocycles. The summed E-state index contributed by atoms with van der Waals surface area (Å²) in [6, 6.07) is 18.7. The minimum Gasteiger partial charge on any atom is -0.445 e. The van der Waals surface area contributed by atoms with Crippen LogP contribution in [0.1, 0.15) is 36.0 Å². The van der Waals surface area contributed by atoms with Crippen LogP contribution in [0.25, 0.3) is 0 Å². The molecule has 0 bridgehead atoms. The molecule has 0 radical (unpaired) electrons. The van der Waals surface area contributed by atoms with Gasteiger partial charge in [-0.1, -0.05) is 54.6 Å². The predicted octanol–water partition coefficient (Wildman–Crippen LogP) is 4.30. The first-order chi connectivity index (χ1) is 11.8. The molecule has 0 unspecified atom stereocenters. The third kappa shape index (κ3) is 2.79. The van der Waals surface area contributed by atoms with Crippen LogP contribution >= 0.6 is 0 Å². The number of fused-ring (bicyclic) bond motifs is 2. The Morgan fingerprint density at radius 2 is 1.67 bits per heavy atom. The van der Waals surface area contributed by atoms with Crippen LogP contribution in [0.4, 0.5) is 4.79 Å². The Kier molecular flexibility index (Phi) is 4.01. The summed E-state index contributed by atoms with van der Waals surface area (Å²) in [6.07, 6.45) is 4.31. The van der Waals surface area contributed by atoms with Crippen molar-refractivity contribution in [1.29, 1.82) is 0 Å². The molecule has 2 aliphatic rings. The molecule has 24 heavy (non-hydrogen) atoms. The molecule has 4 rings (SSSR count). The number of piperidine rings is 1. The highest BCUT2D eigenvalue weighted by molar-refractivity contribution is 5.68. The molecule has 1 heterocycles. The van der Waals surface area contributed by atoms with Crippen molar-refractivity contribution in [3.8, 4) is 0 Å². The number of hydrogen-bond acceptors (Lipinski definition) is 2. The molecule has 1 amide bonds. The van der Waals surface area contributed by atoms with Crippen LogP contribution in [0.3, 0.4) is 0 Å². The molecule has 3 heteroatoms. The van der Waals surface area contributed by atoms with Gasteiger partial charge in [-0.2, -0.15) is 0 Å². The van der Waals surface area contributed by atoms with Crippen molar-refractivity contribution in [2.45, 2.75) is 37.7 Å². The molecule has 124 valence electrons. The average Bonchev–Trinajstić information content (AvgIpc) is 3.00. The van der Waals surface area contributed by atoms with Gasteiger partial charge in [0.15, 0.2) is 0 Å². The number of aryl methyl sites for hydroxylation is 1. The zero-order chi connectivity index (χ0) is 16.4. The van der Waals surface area contributed by atoms with Crippen molar-refractivity contribution in [1.82, 2.24) is 4.90 Å². The van der Waals surface area contributed by atoms with Gasteiger partial charge in [-0.3, -0.25) is 0 Å². The molecule has 0 N–H and O–H groups in total. The lowest BCUT2D eigenvalue weighted by molar-refractivity contribution is 0.0773. The van der Waals surface area contributed by atoms with E-state index in [1.807, 2.05) is 35.2 Å². The lowest BCUT2D eigenvalue weighted by Crippen LogP contribution is -2.44. The first-order valence-corrected chi connectivity index (χ1v) is 8.81. The number of amides is 1. The molecule has 2 aromatic carbocycles. The van der Waals surface area contributed by atoms with E-state index in [-0.39, 0.29) is 11.5 Å². The molecule has 1 aliphatic carbocycles. The maximum Gasteiger partial charge on any atom is 0.410 e. The monoisotopic (exact) mass is 321 g/mol. The fourth-order valence-electron chi connectivity index (χ4n) is 4.21. The van der Waals surface area contributed by atoms with Gasteiger partial charge in [0.1, 0.15) is 6.61 Å². The van der Waals surface area contributed by atoms with E-state index >= 15 is 0 Å². The average molecular weight is 321 g/mol. The molecule has 3 nitrogen and oxygen atoms in total. The number of rotatable bonds is 2. The van der Waals surface area contributed by atoms with Crippen molar-refractivity contribution >= 4 is 6.09 Å². The van der Waals surface area contributed by atoms with E-state index in [4.69, 9.17) is 4.74 Å². The Labute approximate surface area is 143 Å². The fourth-order valence-corrected chi connectivity index (χ4v) is 4.21. The molecule has 0 atom stereocenters. The van der Waals surface area contributed by atoms with E-state index in [0.29, 0.717) is 6.61 Å². The first kappa shape index (κ1) is 15.3. The standard InChI is InChI=1S/C21H23NO2/c23-20(24-16-17-6-2-1-3-7-17)22-14-12-21(13-15-22)11-10-18-8-4-5-9-19(18)21/h1-9H,10-16H2. The van der Waals surface area contributed by atoms with E-state index in [9.17, 15) is 4.79 Å². The Bertz CT molecular complexity index is 718. The van der Waals surface area contributed by atoms with Crippen LogP contribution in [0, 0.1) is 0 Å². The van der Waals surface area contributed by atoms with Crippen LogP contribution in [0.5, 0.6) is 0 Å². The minimum atomic E-state index is -0.181. The maximum absolute atomic E-state index is 12.3. The Balaban J connectivity index is 1.36. The zero-order valence-corrected chi connectivity index (χ0v) is 13.9. The molecule has 2 aromatic rings. The maximum atomic E-state index is 12.3. The van der Waals surface area contributed by atoms with Crippen molar-refractivity contribution in [2.75, 3.05) is 13.1 Å². The van der Waals surface area contributed by atoms with Gasteiger partial charge >= 0.3 is 6.09 Å². The lowest BCUT2D eigenvalue weighted by atomic mass is 9.74. The zero-order valence-electron chi connectivity index (χ0n) is 13.9. The Morgan fingerprint density at radius 3 is 2.46 bits per heavy atom. The molecule has 1 aliphatic heterocycles. The highest BCUT2D eigenvalue weighted by atomic mass is 16.6. The second-order valence-corrected chi connectivity index (χ2v) is 6.96. The van der Waals surface area contributed by atoms with E-state index < -0.39 is 0 Å². The predicted molar refractivity (Wildman–Crippen MR) is 93.9 cm³/mol. The van der Waals surface area contributed by atoms with Crippen LogP contribution < -0.4 is 0 Å². The summed E-state index contributed by atoms with van der Waals surface area (Å²) in [5.74, 6) is 0. The molecule has 0 saturated carbocycles. The highest BCUT2D eigenvalue weighted by Crippen LogP contribution is 2.46. The van der Waals surface area contributed by atoms with E-state index in [0.717, 1.165) is 31.5 Å². The first-order valence-electron chi connectivity index (χ1n) is 8.81. The summed E-state index contributed by atoms with van der Waals surface area (Å²) in [6.45, 7) is 1.94. The molecular weight excluding hydrogens is 298 g/mol. The lowest BCUT2D eigenvalue weighted by Gasteiger charge is -2.39.